The second-order valence-electron chi connectivity index (χ2n) is 2.73. The minimum absolute atomic E-state index is 0.0303. The molecule has 0 bridgehead atoms. The summed E-state index contributed by atoms with van der Waals surface area (Å²) in [5.74, 6) is -1.45. The molecule has 1 aromatic rings. The zero-order valence-corrected chi connectivity index (χ0v) is 8.81. The van der Waals surface area contributed by atoms with Crippen molar-refractivity contribution in [1.82, 2.24) is 0 Å². The Balaban J connectivity index is 3.07. The number of anilines is 1. The molecule has 0 aromatic heterocycles. The summed E-state index contributed by atoms with van der Waals surface area (Å²) in [6.07, 6.45) is 0. The van der Waals surface area contributed by atoms with E-state index in [0.29, 0.717) is 5.75 Å². The highest BCUT2D eigenvalue weighted by Gasteiger charge is 2.11. The van der Waals surface area contributed by atoms with Gasteiger partial charge in [0.05, 0.1) is 11.3 Å². The Hall–Kier alpha value is -1.43. The summed E-state index contributed by atoms with van der Waals surface area (Å²) in [7, 11) is -1.39. The van der Waals surface area contributed by atoms with Gasteiger partial charge in [-0.1, -0.05) is 6.92 Å². The van der Waals surface area contributed by atoms with Gasteiger partial charge in [-0.15, -0.1) is 0 Å². The molecule has 0 aliphatic rings. The zero-order chi connectivity index (χ0) is 11.4. The van der Waals surface area contributed by atoms with Crippen molar-refractivity contribution in [3.05, 3.63) is 29.6 Å². The van der Waals surface area contributed by atoms with Crippen LogP contribution in [0.25, 0.3) is 0 Å². The average molecular weight is 231 g/mol. The van der Waals surface area contributed by atoms with Gasteiger partial charge in [0.1, 0.15) is 16.8 Å². The first-order valence-corrected chi connectivity index (χ1v) is 5.54. The third kappa shape index (κ3) is 3.02. The Labute approximate surface area is 88.7 Å². The average Bonchev–Trinajstić information content (AvgIpc) is 2.17. The third-order valence-corrected chi connectivity index (χ3v) is 2.67. The lowest BCUT2D eigenvalue weighted by Crippen LogP contribution is -2.10. The molecule has 15 heavy (non-hydrogen) atoms. The van der Waals surface area contributed by atoms with Crippen LogP contribution in [0.4, 0.5) is 10.1 Å². The quantitative estimate of drug-likeness (QED) is 0.827. The molecule has 1 unspecified atom stereocenters. The Morgan fingerprint density at radius 2 is 2.27 bits per heavy atom. The number of rotatable bonds is 4. The van der Waals surface area contributed by atoms with Gasteiger partial charge in [-0.05, 0) is 18.2 Å². The first kappa shape index (κ1) is 11.6. The van der Waals surface area contributed by atoms with Gasteiger partial charge in [-0.25, -0.2) is 13.4 Å². The minimum atomic E-state index is -1.39. The highest BCUT2D eigenvalue weighted by Crippen LogP contribution is 2.17. The number of benzene rings is 1. The fourth-order valence-corrected chi connectivity index (χ4v) is 1.54. The Bertz CT molecular complexity index is 408. The van der Waals surface area contributed by atoms with Crippen LogP contribution in [0, 0.1) is 5.82 Å². The molecule has 1 rings (SSSR count). The van der Waals surface area contributed by atoms with Crippen LogP contribution in [-0.2, 0) is 11.0 Å². The molecule has 0 spiro atoms. The Morgan fingerprint density at radius 1 is 1.60 bits per heavy atom. The first-order chi connectivity index (χ1) is 7.04. The lowest BCUT2D eigenvalue weighted by atomic mass is 10.2. The second-order valence-corrected chi connectivity index (χ2v) is 4.20. The maximum absolute atomic E-state index is 12.8. The van der Waals surface area contributed by atoms with Crippen LogP contribution in [0.1, 0.15) is 17.3 Å². The van der Waals surface area contributed by atoms with Crippen molar-refractivity contribution in [3.63, 3.8) is 0 Å². The van der Waals surface area contributed by atoms with E-state index in [1.807, 2.05) is 0 Å². The number of carbonyl (C=O) groups is 1. The van der Waals surface area contributed by atoms with Crippen LogP contribution in [0.15, 0.2) is 18.2 Å². The van der Waals surface area contributed by atoms with Gasteiger partial charge in [0.2, 0.25) is 0 Å². The maximum Gasteiger partial charge on any atom is 0.337 e. The van der Waals surface area contributed by atoms with Gasteiger partial charge in [-0.2, -0.15) is 0 Å². The van der Waals surface area contributed by atoms with Crippen molar-refractivity contribution in [1.29, 1.82) is 0 Å². The predicted octanol–water partition coefficient (Wildman–Crippen LogP) is 1.62. The van der Waals surface area contributed by atoms with Gasteiger partial charge < -0.3 is 9.83 Å². The van der Waals surface area contributed by atoms with Crippen molar-refractivity contribution >= 4 is 22.6 Å². The van der Waals surface area contributed by atoms with E-state index in [1.165, 1.54) is 0 Å². The monoisotopic (exact) mass is 231 g/mol. The molecule has 0 fully saturated rings. The van der Waals surface area contributed by atoms with E-state index in [-0.39, 0.29) is 11.3 Å². The molecular weight excluding hydrogens is 221 g/mol. The van der Waals surface area contributed by atoms with Gasteiger partial charge >= 0.3 is 5.97 Å². The molecular formula is C9H10FNO3S. The van der Waals surface area contributed by atoms with Gasteiger partial charge in [0.25, 0.3) is 0 Å². The molecule has 0 saturated carbocycles. The highest BCUT2D eigenvalue weighted by atomic mass is 32.2. The third-order valence-electron chi connectivity index (χ3n) is 1.70. The van der Waals surface area contributed by atoms with Crippen molar-refractivity contribution in [2.24, 2.45) is 0 Å². The van der Waals surface area contributed by atoms with E-state index in [9.17, 15) is 13.4 Å². The lowest BCUT2D eigenvalue weighted by molar-refractivity contribution is 0.0698. The molecule has 0 saturated heterocycles. The number of aromatic carboxylic acids is 1. The molecule has 0 radical (unpaired) electrons. The summed E-state index contributed by atoms with van der Waals surface area (Å²) in [5.41, 5.74) is -0.0686. The SMILES string of the molecule is CCS(=O)Nc1cc(F)ccc1C(=O)O. The minimum Gasteiger partial charge on any atom is -0.478 e. The summed E-state index contributed by atoms with van der Waals surface area (Å²) < 4.78 is 26.4. The molecule has 0 aliphatic heterocycles. The topological polar surface area (TPSA) is 66.4 Å². The van der Waals surface area contributed by atoms with Crippen molar-refractivity contribution in [3.8, 4) is 0 Å². The number of carboxylic acids is 1. The smallest absolute Gasteiger partial charge is 0.337 e. The molecule has 1 aromatic carbocycles. The second kappa shape index (κ2) is 4.88. The van der Waals surface area contributed by atoms with Crippen LogP contribution in [-0.4, -0.2) is 21.0 Å². The number of carboxylic acid groups (broad SMARTS) is 1. The van der Waals surface area contributed by atoms with E-state index >= 15 is 0 Å². The molecule has 2 N–H and O–H groups in total. The number of hydrogen-bond acceptors (Lipinski definition) is 2. The summed E-state index contributed by atoms with van der Waals surface area (Å²) in [5, 5.41) is 8.78. The van der Waals surface area contributed by atoms with Gasteiger partial charge in [0, 0.05) is 5.75 Å². The van der Waals surface area contributed by atoms with Crippen molar-refractivity contribution in [2.75, 3.05) is 10.5 Å². The van der Waals surface area contributed by atoms with Crippen LogP contribution >= 0.6 is 0 Å². The summed E-state index contributed by atoms with van der Waals surface area (Å²) in [6.45, 7) is 1.67. The van der Waals surface area contributed by atoms with Crippen LogP contribution in [0.3, 0.4) is 0 Å². The normalized spacial score (nSPS) is 12.1. The fraction of sp³-hybridized carbons (Fsp3) is 0.222. The van der Waals surface area contributed by atoms with Crippen molar-refractivity contribution < 1.29 is 18.5 Å². The van der Waals surface area contributed by atoms with Crippen molar-refractivity contribution in [2.45, 2.75) is 6.92 Å². The van der Waals surface area contributed by atoms with Crippen LogP contribution in [0.5, 0.6) is 0 Å². The van der Waals surface area contributed by atoms with E-state index < -0.39 is 22.8 Å². The largest absolute Gasteiger partial charge is 0.478 e. The molecule has 0 aliphatic carbocycles. The van der Waals surface area contributed by atoms with Gasteiger partial charge in [0.15, 0.2) is 0 Å². The summed E-state index contributed by atoms with van der Waals surface area (Å²) >= 11 is 0. The maximum atomic E-state index is 12.8. The molecule has 0 heterocycles. The standard InChI is InChI=1S/C9H10FNO3S/c1-2-15(14)11-8-5-6(10)3-4-7(8)9(12)13/h3-5,11H,2H2,1H3,(H,12,13). The molecule has 6 heteroatoms. The highest BCUT2D eigenvalue weighted by molar-refractivity contribution is 7.86. The predicted molar refractivity (Wildman–Crippen MR) is 55.7 cm³/mol. The first-order valence-electron chi connectivity index (χ1n) is 4.22. The molecule has 4 nitrogen and oxygen atoms in total. The number of halogens is 1. The molecule has 1 atom stereocenters. The summed E-state index contributed by atoms with van der Waals surface area (Å²) in [4.78, 5) is 10.7. The van der Waals surface area contributed by atoms with E-state index in [0.717, 1.165) is 18.2 Å². The van der Waals surface area contributed by atoms with E-state index in [4.69, 9.17) is 5.11 Å². The van der Waals surface area contributed by atoms with Gasteiger partial charge in [-0.3, -0.25) is 0 Å². The Kier molecular flexibility index (Phi) is 3.79. The van der Waals surface area contributed by atoms with Crippen LogP contribution < -0.4 is 4.72 Å². The molecule has 82 valence electrons. The number of hydrogen-bond donors (Lipinski definition) is 2. The summed E-state index contributed by atoms with van der Waals surface area (Å²) in [6, 6.07) is 3.19. The van der Waals surface area contributed by atoms with E-state index in [2.05, 4.69) is 4.72 Å². The molecule has 0 amide bonds. The van der Waals surface area contributed by atoms with Crippen LogP contribution in [0.2, 0.25) is 0 Å². The zero-order valence-electron chi connectivity index (χ0n) is 7.99. The van der Waals surface area contributed by atoms with E-state index in [1.54, 1.807) is 6.92 Å². The number of nitrogens with one attached hydrogen (secondary N) is 1. The lowest BCUT2D eigenvalue weighted by Gasteiger charge is -2.07. The Morgan fingerprint density at radius 3 is 2.80 bits per heavy atom. The fourth-order valence-electron chi connectivity index (χ4n) is 0.982.